The van der Waals surface area contributed by atoms with Crippen molar-refractivity contribution in [3.8, 4) is 0 Å². The van der Waals surface area contributed by atoms with Gasteiger partial charge in [0.05, 0.1) is 0 Å². The molecule has 0 fully saturated rings. The van der Waals surface area contributed by atoms with Crippen LogP contribution in [-0.2, 0) is 0 Å². The van der Waals surface area contributed by atoms with Crippen LogP contribution in [-0.4, -0.2) is 15.0 Å². The molecule has 0 spiro atoms. The number of nitrogen functional groups attached to an aromatic ring is 2. The van der Waals surface area contributed by atoms with Crippen molar-refractivity contribution in [2.24, 2.45) is 0 Å². The Morgan fingerprint density at radius 2 is 1.72 bits per heavy atom. The number of thioether (sulfide) groups is 1. The number of anilines is 2. The highest BCUT2D eigenvalue weighted by molar-refractivity contribution is 7.99. The van der Waals surface area contributed by atoms with Gasteiger partial charge in [-0.1, -0.05) is 41.6 Å². The molecule has 1 heterocycles. The molecule has 0 saturated carbocycles. The molecule has 4 N–H and O–H groups in total. The average Bonchev–Trinajstić information content (AvgIpc) is 2.27. The van der Waals surface area contributed by atoms with Gasteiger partial charge in [-0.25, -0.2) is 0 Å². The van der Waals surface area contributed by atoms with E-state index in [2.05, 4.69) is 15.0 Å². The molecule has 0 bridgehead atoms. The second-order valence-electron chi connectivity index (χ2n) is 3.62. The Labute approximate surface area is 114 Å². The molecule has 1 atom stereocenters. The smallest absolute Gasteiger partial charge is 0.225 e. The van der Waals surface area contributed by atoms with Crippen LogP contribution in [0.1, 0.15) is 17.7 Å². The number of nitrogens with two attached hydrogens (primary N) is 2. The normalized spacial score (nSPS) is 12.3. The van der Waals surface area contributed by atoms with Crippen molar-refractivity contribution in [3.63, 3.8) is 0 Å². The lowest BCUT2D eigenvalue weighted by Gasteiger charge is -2.12. The second kappa shape index (κ2) is 5.41. The van der Waals surface area contributed by atoms with Crippen LogP contribution in [0.25, 0.3) is 0 Å². The molecule has 0 aliphatic rings. The minimum Gasteiger partial charge on any atom is -0.368 e. The highest BCUT2D eigenvalue weighted by atomic mass is 35.5. The minimum atomic E-state index is 0.0971. The van der Waals surface area contributed by atoms with Gasteiger partial charge in [-0.05, 0) is 18.6 Å². The fourth-order valence-electron chi connectivity index (χ4n) is 1.47. The van der Waals surface area contributed by atoms with Crippen LogP contribution in [0, 0.1) is 0 Å². The first-order chi connectivity index (χ1) is 8.56. The summed E-state index contributed by atoms with van der Waals surface area (Å²) in [6, 6.07) is 7.65. The molecule has 94 valence electrons. The SMILES string of the molecule is C[C@@H](Sc1nc(N)nc(N)n1)c1ccccc1Cl. The second-order valence-corrected chi connectivity index (χ2v) is 5.33. The monoisotopic (exact) mass is 281 g/mol. The lowest BCUT2D eigenvalue weighted by atomic mass is 10.2. The van der Waals surface area contributed by atoms with E-state index in [9.17, 15) is 0 Å². The summed E-state index contributed by atoms with van der Waals surface area (Å²) in [4.78, 5) is 11.8. The Balaban J connectivity index is 2.21. The predicted molar refractivity (Wildman–Crippen MR) is 74.4 cm³/mol. The highest BCUT2D eigenvalue weighted by Crippen LogP contribution is 2.36. The minimum absolute atomic E-state index is 0.0971. The van der Waals surface area contributed by atoms with Crippen LogP contribution < -0.4 is 11.5 Å². The van der Waals surface area contributed by atoms with E-state index in [1.165, 1.54) is 11.8 Å². The third-order valence-electron chi connectivity index (χ3n) is 2.27. The molecule has 0 radical (unpaired) electrons. The molecule has 0 aliphatic carbocycles. The Morgan fingerprint density at radius 1 is 1.11 bits per heavy atom. The van der Waals surface area contributed by atoms with Gasteiger partial charge < -0.3 is 11.5 Å². The summed E-state index contributed by atoms with van der Waals surface area (Å²) in [5, 5.41) is 1.31. The van der Waals surface area contributed by atoms with Crippen LogP contribution >= 0.6 is 23.4 Å². The zero-order chi connectivity index (χ0) is 13.1. The van der Waals surface area contributed by atoms with Gasteiger partial charge in [-0.15, -0.1) is 0 Å². The summed E-state index contributed by atoms with van der Waals surface area (Å²) in [6.45, 7) is 2.02. The fourth-order valence-corrected chi connectivity index (χ4v) is 2.77. The molecule has 0 unspecified atom stereocenters. The summed E-state index contributed by atoms with van der Waals surface area (Å²) in [7, 11) is 0. The Bertz CT molecular complexity index is 543. The van der Waals surface area contributed by atoms with E-state index in [4.69, 9.17) is 23.1 Å². The van der Waals surface area contributed by atoms with Gasteiger partial charge in [0, 0.05) is 10.3 Å². The van der Waals surface area contributed by atoms with Gasteiger partial charge in [-0.3, -0.25) is 0 Å². The Hall–Kier alpha value is -1.53. The molecule has 1 aromatic heterocycles. The van der Waals surface area contributed by atoms with Crippen LogP contribution in [0.2, 0.25) is 5.02 Å². The van der Waals surface area contributed by atoms with E-state index in [0.717, 1.165) is 5.56 Å². The maximum atomic E-state index is 6.13. The van der Waals surface area contributed by atoms with E-state index in [1.807, 2.05) is 31.2 Å². The predicted octanol–water partition coefficient (Wildman–Crippen LogP) is 2.54. The number of hydrogen-bond acceptors (Lipinski definition) is 6. The summed E-state index contributed by atoms with van der Waals surface area (Å²) in [5.74, 6) is 0.243. The zero-order valence-corrected chi connectivity index (χ0v) is 11.2. The third kappa shape index (κ3) is 3.02. The maximum Gasteiger partial charge on any atom is 0.225 e. The van der Waals surface area contributed by atoms with E-state index in [-0.39, 0.29) is 17.1 Å². The van der Waals surface area contributed by atoms with Gasteiger partial charge in [0.2, 0.25) is 11.9 Å². The van der Waals surface area contributed by atoms with Gasteiger partial charge in [0.25, 0.3) is 0 Å². The van der Waals surface area contributed by atoms with Crippen molar-refractivity contribution < 1.29 is 0 Å². The molecule has 5 nitrogen and oxygen atoms in total. The van der Waals surface area contributed by atoms with Crippen molar-refractivity contribution in [1.82, 2.24) is 15.0 Å². The zero-order valence-electron chi connectivity index (χ0n) is 9.67. The fraction of sp³-hybridized carbons (Fsp3) is 0.182. The molecule has 1 aromatic carbocycles. The van der Waals surface area contributed by atoms with E-state index in [0.29, 0.717) is 10.2 Å². The van der Waals surface area contributed by atoms with Crippen molar-refractivity contribution in [2.45, 2.75) is 17.3 Å². The first kappa shape index (κ1) is 12.9. The average molecular weight is 282 g/mol. The number of halogens is 1. The quantitative estimate of drug-likeness (QED) is 0.840. The maximum absolute atomic E-state index is 6.13. The molecule has 7 heteroatoms. The molecule has 2 rings (SSSR count). The summed E-state index contributed by atoms with van der Waals surface area (Å²) >= 11 is 7.56. The molecule has 18 heavy (non-hydrogen) atoms. The van der Waals surface area contributed by atoms with Crippen molar-refractivity contribution in [3.05, 3.63) is 34.9 Å². The molecule has 0 amide bonds. The molecular weight excluding hydrogens is 270 g/mol. The molecule has 0 saturated heterocycles. The summed E-state index contributed by atoms with van der Waals surface area (Å²) < 4.78 is 0. The van der Waals surface area contributed by atoms with E-state index in [1.54, 1.807) is 0 Å². The first-order valence-electron chi connectivity index (χ1n) is 5.24. The lowest BCUT2D eigenvalue weighted by Crippen LogP contribution is -2.04. The van der Waals surface area contributed by atoms with Crippen molar-refractivity contribution in [1.29, 1.82) is 0 Å². The van der Waals surface area contributed by atoms with Crippen LogP contribution in [0.3, 0.4) is 0 Å². The number of aromatic nitrogens is 3. The van der Waals surface area contributed by atoms with Gasteiger partial charge in [0.15, 0.2) is 5.16 Å². The number of nitrogens with zero attached hydrogens (tertiary/aromatic N) is 3. The topological polar surface area (TPSA) is 90.7 Å². The lowest BCUT2D eigenvalue weighted by molar-refractivity contribution is 0.920. The van der Waals surface area contributed by atoms with Gasteiger partial charge in [0.1, 0.15) is 0 Å². The third-order valence-corrected chi connectivity index (χ3v) is 3.62. The number of benzene rings is 1. The first-order valence-corrected chi connectivity index (χ1v) is 6.50. The standard InChI is InChI=1S/C11H12ClN5S/c1-6(7-4-2-3-5-8(7)12)18-11-16-9(13)15-10(14)17-11/h2-6H,1H3,(H4,13,14,15,16,17)/t6-/m1/s1. The molecule has 0 aliphatic heterocycles. The highest BCUT2D eigenvalue weighted by Gasteiger charge is 2.13. The van der Waals surface area contributed by atoms with Crippen molar-refractivity contribution >= 4 is 35.3 Å². The largest absolute Gasteiger partial charge is 0.368 e. The molecular formula is C11H12ClN5S. The van der Waals surface area contributed by atoms with E-state index < -0.39 is 0 Å². The summed E-state index contributed by atoms with van der Waals surface area (Å²) in [6.07, 6.45) is 0. The number of hydrogen-bond donors (Lipinski definition) is 2. The van der Waals surface area contributed by atoms with Crippen LogP contribution in [0.4, 0.5) is 11.9 Å². The Morgan fingerprint density at radius 3 is 2.33 bits per heavy atom. The summed E-state index contributed by atoms with van der Waals surface area (Å²) in [5.41, 5.74) is 12.1. The Kier molecular flexibility index (Phi) is 3.88. The van der Waals surface area contributed by atoms with Gasteiger partial charge >= 0.3 is 0 Å². The molecule has 2 aromatic rings. The van der Waals surface area contributed by atoms with Crippen LogP contribution in [0.5, 0.6) is 0 Å². The van der Waals surface area contributed by atoms with Crippen LogP contribution in [0.15, 0.2) is 29.4 Å². The van der Waals surface area contributed by atoms with Crippen molar-refractivity contribution in [2.75, 3.05) is 11.5 Å². The van der Waals surface area contributed by atoms with E-state index >= 15 is 0 Å². The number of rotatable bonds is 3. The van der Waals surface area contributed by atoms with Gasteiger partial charge in [-0.2, -0.15) is 15.0 Å².